The van der Waals surface area contributed by atoms with E-state index in [9.17, 15) is 9.59 Å². The van der Waals surface area contributed by atoms with E-state index in [2.05, 4.69) is 20.9 Å². The monoisotopic (exact) mass is 219 g/mol. The first kappa shape index (κ1) is 7.56. The molecule has 10 heavy (non-hydrogen) atoms. The van der Waals surface area contributed by atoms with Crippen molar-refractivity contribution in [3.63, 3.8) is 0 Å². The van der Waals surface area contributed by atoms with Gasteiger partial charge in [-0.15, -0.1) is 11.3 Å². The SMILES string of the molecule is O=Cc1nc(Br)sc1C=O. The molecule has 0 spiro atoms. The van der Waals surface area contributed by atoms with Crippen molar-refractivity contribution in [2.45, 2.75) is 0 Å². The maximum Gasteiger partial charge on any atom is 0.170 e. The summed E-state index contributed by atoms with van der Waals surface area (Å²) in [5.41, 5.74) is 0.201. The predicted octanol–water partition coefficient (Wildman–Crippen LogP) is 1.53. The van der Waals surface area contributed by atoms with Gasteiger partial charge in [0, 0.05) is 0 Å². The Morgan fingerprint density at radius 1 is 1.40 bits per heavy atom. The zero-order chi connectivity index (χ0) is 7.56. The number of rotatable bonds is 2. The summed E-state index contributed by atoms with van der Waals surface area (Å²) in [6.07, 6.45) is 1.18. The number of aldehydes is 2. The standard InChI is InChI=1S/C5H2BrNO2S/c6-5-7-3(1-8)4(2-9)10-5/h1-2H. The molecule has 0 saturated heterocycles. The molecule has 0 unspecified atom stereocenters. The lowest BCUT2D eigenvalue weighted by molar-refractivity contribution is 0.109. The molecule has 52 valence electrons. The fraction of sp³-hybridized carbons (Fsp3) is 0. The van der Waals surface area contributed by atoms with Crippen molar-refractivity contribution in [1.29, 1.82) is 0 Å². The van der Waals surface area contributed by atoms with Crippen LogP contribution in [0.3, 0.4) is 0 Å². The second kappa shape index (κ2) is 3.03. The Bertz CT molecular complexity index is 245. The van der Waals surface area contributed by atoms with Crippen LogP contribution in [0.5, 0.6) is 0 Å². The van der Waals surface area contributed by atoms with E-state index in [4.69, 9.17) is 0 Å². The molecular formula is C5H2BrNO2S. The fourth-order valence-electron chi connectivity index (χ4n) is 0.484. The summed E-state index contributed by atoms with van der Waals surface area (Å²) >= 11 is 4.20. The van der Waals surface area contributed by atoms with Gasteiger partial charge in [-0.25, -0.2) is 4.98 Å². The van der Waals surface area contributed by atoms with Gasteiger partial charge in [0.15, 0.2) is 16.5 Å². The first-order chi connectivity index (χ1) is 4.77. The molecule has 0 saturated carbocycles. The highest BCUT2D eigenvalue weighted by Crippen LogP contribution is 2.19. The number of carbonyl (C=O) groups excluding carboxylic acids is 2. The smallest absolute Gasteiger partial charge is 0.170 e. The molecule has 0 fully saturated rings. The maximum absolute atomic E-state index is 10.2. The van der Waals surface area contributed by atoms with Crippen molar-refractivity contribution in [2.24, 2.45) is 0 Å². The Labute approximate surface area is 69.2 Å². The number of hydrogen-bond acceptors (Lipinski definition) is 4. The second-order valence-corrected chi connectivity index (χ2v) is 3.76. The second-order valence-electron chi connectivity index (χ2n) is 1.45. The normalized spacial score (nSPS) is 9.30. The molecule has 0 N–H and O–H groups in total. The van der Waals surface area contributed by atoms with Crippen molar-refractivity contribution in [3.05, 3.63) is 14.5 Å². The Morgan fingerprint density at radius 3 is 2.50 bits per heavy atom. The topological polar surface area (TPSA) is 47.0 Å². The Kier molecular flexibility index (Phi) is 2.29. The van der Waals surface area contributed by atoms with Gasteiger partial charge in [-0.1, -0.05) is 0 Å². The molecular weight excluding hydrogens is 218 g/mol. The van der Waals surface area contributed by atoms with Gasteiger partial charge in [0.05, 0.1) is 4.88 Å². The summed E-state index contributed by atoms with van der Waals surface area (Å²) < 4.78 is 0.553. The zero-order valence-electron chi connectivity index (χ0n) is 4.70. The van der Waals surface area contributed by atoms with E-state index in [0.29, 0.717) is 21.4 Å². The summed E-state index contributed by atoms with van der Waals surface area (Å²) in [5.74, 6) is 0. The third kappa shape index (κ3) is 1.30. The van der Waals surface area contributed by atoms with Gasteiger partial charge in [0.2, 0.25) is 0 Å². The first-order valence-corrected chi connectivity index (χ1v) is 3.95. The van der Waals surface area contributed by atoms with Crippen molar-refractivity contribution in [1.82, 2.24) is 4.98 Å². The summed E-state index contributed by atoms with van der Waals surface area (Å²) in [5, 5.41) is 0. The van der Waals surface area contributed by atoms with E-state index in [0.717, 1.165) is 11.3 Å². The minimum atomic E-state index is 0.201. The molecule has 0 aliphatic rings. The first-order valence-electron chi connectivity index (χ1n) is 2.34. The number of carbonyl (C=O) groups is 2. The van der Waals surface area contributed by atoms with E-state index < -0.39 is 0 Å². The number of thiazole rings is 1. The minimum Gasteiger partial charge on any atom is -0.297 e. The van der Waals surface area contributed by atoms with Crippen LogP contribution in [-0.2, 0) is 0 Å². The van der Waals surface area contributed by atoms with Crippen LogP contribution in [0.15, 0.2) is 3.92 Å². The van der Waals surface area contributed by atoms with Crippen molar-refractivity contribution < 1.29 is 9.59 Å². The highest BCUT2D eigenvalue weighted by Gasteiger charge is 2.06. The largest absolute Gasteiger partial charge is 0.297 e. The summed E-state index contributed by atoms with van der Waals surface area (Å²) in [4.78, 5) is 24.5. The minimum absolute atomic E-state index is 0.201. The van der Waals surface area contributed by atoms with Gasteiger partial charge < -0.3 is 0 Å². The average molecular weight is 220 g/mol. The molecule has 0 radical (unpaired) electrons. The third-order valence-electron chi connectivity index (χ3n) is 0.874. The number of nitrogens with zero attached hydrogens (tertiary/aromatic N) is 1. The van der Waals surface area contributed by atoms with Crippen molar-refractivity contribution in [2.75, 3.05) is 0 Å². The average Bonchev–Trinajstić information content (AvgIpc) is 2.30. The molecule has 5 heteroatoms. The van der Waals surface area contributed by atoms with Gasteiger partial charge >= 0.3 is 0 Å². The van der Waals surface area contributed by atoms with E-state index in [-0.39, 0.29) is 5.69 Å². The lowest BCUT2D eigenvalue weighted by Crippen LogP contribution is -1.83. The molecule has 1 aromatic rings. The van der Waals surface area contributed by atoms with E-state index in [1.165, 1.54) is 0 Å². The van der Waals surface area contributed by atoms with Gasteiger partial charge in [-0.2, -0.15) is 0 Å². The maximum atomic E-state index is 10.2. The molecule has 0 bridgehead atoms. The Morgan fingerprint density at radius 2 is 2.10 bits per heavy atom. The van der Waals surface area contributed by atoms with E-state index in [1.807, 2.05) is 0 Å². The van der Waals surface area contributed by atoms with Crippen LogP contribution in [0, 0.1) is 0 Å². The van der Waals surface area contributed by atoms with Crippen LogP contribution in [0.2, 0.25) is 0 Å². The highest BCUT2D eigenvalue weighted by atomic mass is 79.9. The molecule has 0 aliphatic heterocycles. The van der Waals surface area contributed by atoms with Crippen molar-refractivity contribution >= 4 is 39.8 Å². The molecule has 0 amide bonds. The van der Waals surface area contributed by atoms with Gasteiger partial charge in [0.25, 0.3) is 0 Å². The zero-order valence-corrected chi connectivity index (χ0v) is 7.11. The van der Waals surface area contributed by atoms with Crippen LogP contribution in [0.25, 0.3) is 0 Å². The lowest BCUT2D eigenvalue weighted by atomic mass is 10.4. The van der Waals surface area contributed by atoms with Crippen molar-refractivity contribution in [3.8, 4) is 0 Å². The molecule has 1 heterocycles. The van der Waals surface area contributed by atoms with Gasteiger partial charge in [-0.05, 0) is 15.9 Å². The summed E-state index contributed by atoms with van der Waals surface area (Å²) in [6, 6.07) is 0. The highest BCUT2D eigenvalue weighted by molar-refractivity contribution is 9.11. The van der Waals surface area contributed by atoms with Crippen LogP contribution in [-0.4, -0.2) is 17.6 Å². The van der Waals surface area contributed by atoms with Gasteiger partial charge in [-0.3, -0.25) is 9.59 Å². The van der Waals surface area contributed by atoms with E-state index >= 15 is 0 Å². The molecule has 3 nitrogen and oxygen atoms in total. The quantitative estimate of drug-likeness (QED) is 0.710. The van der Waals surface area contributed by atoms with Crippen LogP contribution in [0.1, 0.15) is 20.2 Å². The lowest BCUT2D eigenvalue weighted by Gasteiger charge is -1.76. The Hall–Kier alpha value is -0.550. The molecule has 0 aromatic carbocycles. The fourth-order valence-corrected chi connectivity index (χ4v) is 1.77. The summed E-state index contributed by atoms with van der Waals surface area (Å²) in [7, 11) is 0. The van der Waals surface area contributed by atoms with Crippen LogP contribution in [0.4, 0.5) is 0 Å². The predicted molar refractivity (Wildman–Crippen MR) is 40.6 cm³/mol. The number of halogens is 1. The third-order valence-corrected chi connectivity index (χ3v) is 2.32. The summed E-state index contributed by atoms with van der Waals surface area (Å²) in [6.45, 7) is 0. The molecule has 1 rings (SSSR count). The molecule has 0 aliphatic carbocycles. The molecule has 0 atom stereocenters. The number of hydrogen-bond donors (Lipinski definition) is 0. The number of aromatic nitrogens is 1. The van der Waals surface area contributed by atoms with Crippen LogP contribution >= 0.6 is 27.3 Å². The van der Waals surface area contributed by atoms with Crippen LogP contribution < -0.4 is 0 Å². The van der Waals surface area contributed by atoms with Gasteiger partial charge in [0.1, 0.15) is 5.69 Å². The molecule has 1 aromatic heterocycles. The van der Waals surface area contributed by atoms with E-state index in [1.54, 1.807) is 0 Å². The Balaban J connectivity index is 3.20.